The summed E-state index contributed by atoms with van der Waals surface area (Å²) in [6.07, 6.45) is 1.68. The van der Waals surface area contributed by atoms with Crippen LogP contribution in [-0.4, -0.2) is 36.2 Å². The third-order valence-electron chi connectivity index (χ3n) is 4.00. The van der Waals surface area contributed by atoms with Crippen LogP contribution in [0.5, 0.6) is 5.75 Å². The normalized spacial score (nSPS) is 15.5. The molecule has 1 aliphatic rings. The van der Waals surface area contributed by atoms with Gasteiger partial charge in [-0.25, -0.2) is 4.79 Å². The topological polar surface area (TPSA) is 86.0 Å². The molecule has 2 heterocycles. The van der Waals surface area contributed by atoms with E-state index in [4.69, 9.17) is 9.15 Å². The molecule has 0 N–H and O–H groups in total. The molecule has 2 amide bonds. The van der Waals surface area contributed by atoms with Crippen molar-refractivity contribution in [1.29, 1.82) is 0 Å². The Labute approximate surface area is 159 Å². The van der Waals surface area contributed by atoms with Crippen LogP contribution in [0.25, 0.3) is 6.08 Å². The number of thioether (sulfide) groups is 1. The molecular formula is C19H17NO6S. The van der Waals surface area contributed by atoms with Crippen LogP contribution < -0.4 is 4.74 Å². The van der Waals surface area contributed by atoms with Gasteiger partial charge in [-0.15, -0.1) is 0 Å². The predicted molar refractivity (Wildman–Crippen MR) is 99.3 cm³/mol. The molecule has 0 radical (unpaired) electrons. The van der Waals surface area contributed by atoms with Crippen molar-refractivity contribution in [3.63, 3.8) is 0 Å². The number of carbonyl (C=O) groups is 3. The Kier molecular flexibility index (Phi) is 5.36. The maximum atomic E-state index is 12.6. The van der Waals surface area contributed by atoms with Crippen LogP contribution in [0.1, 0.15) is 27.4 Å². The van der Waals surface area contributed by atoms with E-state index in [1.165, 1.54) is 19.2 Å². The van der Waals surface area contributed by atoms with E-state index in [0.29, 0.717) is 10.7 Å². The summed E-state index contributed by atoms with van der Waals surface area (Å²) in [5.41, 5.74) is 1.75. The van der Waals surface area contributed by atoms with Gasteiger partial charge in [0.1, 0.15) is 11.5 Å². The lowest BCUT2D eigenvalue weighted by Crippen LogP contribution is -2.27. The van der Waals surface area contributed by atoms with Gasteiger partial charge in [0.2, 0.25) is 5.76 Å². The van der Waals surface area contributed by atoms with Gasteiger partial charge in [0.05, 0.1) is 25.7 Å². The minimum atomic E-state index is -0.620. The molecule has 3 rings (SSSR count). The molecule has 0 bridgehead atoms. The van der Waals surface area contributed by atoms with E-state index in [9.17, 15) is 14.4 Å². The molecule has 140 valence electrons. The minimum Gasteiger partial charge on any atom is -0.497 e. The van der Waals surface area contributed by atoms with E-state index in [1.54, 1.807) is 19.3 Å². The summed E-state index contributed by atoms with van der Waals surface area (Å²) in [6.45, 7) is 1.84. The van der Waals surface area contributed by atoms with E-state index < -0.39 is 17.1 Å². The lowest BCUT2D eigenvalue weighted by atomic mass is 10.1. The van der Waals surface area contributed by atoms with Crippen molar-refractivity contribution in [2.24, 2.45) is 0 Å². The predicted octanol–water partition coefficient (Wildman–Crippen LogP) is 3.62. The summed E-state index contributed by atoms with van der Waals surface area (Å²) in [7, 11) is 2.83. The van der Waals surface area contributed by atoms with Gasteiger partial charge in [-0.2, -0.15) is 0 Å². The molecule has 27 heavy (non-hydrogen) atoms. The number of aryl methyl sites for hydroxylation is 1. The fourth-order valence-corrected chi connectivity index (χ4v) is 3.37. The van der Waals surface area contributed by atoms with Crippen LogP contribution in [0, 0.1) is 6.92 Å². The Morgan fingerprint density at radius 2 is 2.00 bits per heavy atom. The highest BCUT2D eigenvalue weighted by Crippen LogP contribution is 2.34. The highest BCUT2D eigenvalue weighted by atomic mass is 32.2. The van der Waals surface area contributed by atoms with Crippen molar-refractivity contribution in [1.82, 2.24) is 4.90 Å². The second-order valence-electron chi connectivity index (χ2n) is 5.75. The van der Waals surface area contributed by atoms with Crippen molar-refractivity contribution in [2.45, 2.75) is 13.5 Å². The van der Waals surface area contributed by atoms with E-state index in [-0.39, 0.29) is 12.3 Å². The Bertz CT molecular complexity index is 945. The van der Waals surface area contributed by atoms with Crippen molar-refractivity contribution in [3.8, 4) is 5.75 Å². The average Bonchev–Trinajstić information content (AvgIpc) is 3.23. The summed E-state index contributed by atoms with van der Waals surface area (Å²) < 4.78 is 15.1. The third-order valence-corrected chi connectivity index (χ3v) is 4.91. The van der Waals surface area contributed by atoms with Crippen LogP contribution in [-0.2, 0) is 16.1 Å². The molecular weight excluding hydrogens is 370 g/mol. The van der Waals surface area contributed by atoms with Crippen LogP contribution in [0.15, 0.2) is 39.7 Å². The molecule has 0 aliphatic carbocycles. The zero-order chi connectivity index (χ0) is 19.6. The SMILES string of the molecule is COC(=O)c1ccc(CN2C(=O)S/C(=C/c3ccc(OC)cc3C)C2=O)o1. The number of imide groups is 1. The Balaban J connectivity index is 1.79. The maximum absolute atomic E-state index is 12.6. The van der Waals surface area contributed by atoms with Gasteiger partial charge in [0.15, 0.2) is 0 Å². The summed E-state index contributed by atoms with van der Waals surface area (Å²) in [5, 5.41) is -0.395. The fraction of sp³-hybridized carbons (Fsp3) is 0.211. The second kappa shape index (κ2) is 7.71. The standard InChI is InChI=1S/C19H17NO6S/c1-11-8-13(24-2)5-4-12(11)9-16-17(21)20(19(23)27-16)10-14-6-7-15(26-14)18(22)25-3/h4-9H,10H2,1-3H3/b16-9+. The Morgan fingerprint density at radius 3 is 2.67 bits per heavy atom. The third kappa shape index (κ3) is 3.90. The van der Waals surface area contributed by atoms with Crippen molar-refractivity contribution >= 4 is 35.0 Å². The molecule has 1 aromatic heterocycles. The Hall–Kier alpha value is -3.00. The number of benzene rings is 1. The summed E-state index contributed by atoms with van der Waals surface area (Å²) in [5.74, 6) is 0.0296. The lowest BCUT2D eigenvalue weighted by molar-refractivity contribution is -0.123. The number of esters is 1. The fourth-order valence-electron chi connectivity index (χ4n) is 2.54. The lowest BCUT2D eigenvalue weighted by Gasteiger charge is -2.10. The number of ether oxygens (including phenoxy) is 2. The molecule has 1 aromatic carbocycles. The largest absolute Gasteiger partial charge is 0.497 e. The van der Waals surface area contributed by atoms with Gasteiger partial charge >= 0.3 is 5.97 Å². The van der Waals surface area contributed by atoms with E-state index in [0.717, 1.165) is 33.5 Å². The number of amides is 2. The molecule has 1 aliphatic heterocycles. The molecule has 1 saturated heterocycles. The number of methoxy groups -OCH3 is 2. The molecule has 1 fully saturated rings. The van der Waals surface area contributed by atoms with E-state index in [1.807, 2.05) is 19.1 Å². The quantitative estimate of drug-likeness (QED) is 0.572. The van der Waals surface area contributed by atoms with Gasteiger partial charge < -0.3 is 13.9 Å². The smallest absolute Gasteiger partial charge is 0.373 e. The summed E-state index contributed by atoms with van der Waals surface area (Å²) in [6, 6.07) is 8.45. The van der Waals surface area contributed by atoms with Gasteiger partial charge in [-0.05, 0) is 60.2 Å². The van der Waals surface area contributed by atoms with Gasteiger partial charge in [-0.1, -0.05) is 6.07 Å². The van der Waals surface area contributed by atoms with Crippen LogP contribution >= 0.6 is 11.8 Å². The first-order valence-electron chi connectivity index (χ1n) is 8.00. The summed E-state index contributed by atoms with van der Waals surface area (Å²) in [4.78, 5) is 37.7. The number of furan rings is 1. The highest BCUT2D eigenvalue weighted by molar-refractivity contribution is 8.18. The number of hydrogen-bond acceptors (Lipinski definition) is 7. The molecule has 0 atom stereocenters. The number of hydrogen-bond donors (Lipinski definition) is 0. The van der Waals surface area contributed by atoms with Crippen molar-refractivity contribution < 1.29 is 28.3 Å². The molecule has 8 heteroatoms. The van der Waals surface area contributed by atoms with Crippen LogP contribution in [0.4, 0.5) is 4.79 Å². The van der Waals surface area contributed by atoms with Gasteiger partial charge in [-0.3, -0.25) is 14.5 Å². The molecule has 0 saturated carbocycles. The Morgan fingerprint density at radius 1 is 1.22 bits per heavy atom. The average molecular weight is 387 g/mol. The zero-order valence-corrected chi connectivity index (χ0v) is 15.8. The number of carbonyl (C=O) groups excluding carboxylic acids is 3. The van der Waals surface area contributed by atoms with Crippen LogP contribution in [0.2, 0.25) is 0 Å². The first-order chi connectivity index (χ1) is 12.9. The molecule has 0 spiro atoms. The molecule has 2 aromatic rings. The first-order valence-corrected chi connectivity index (χ1v) is 8.81. The van der Waals surface area contributed by atoms with E-state index in [2.05, 4.69) is 4.74 Å². The highest BCUT2D eigenvalue weighted by Gasteiger charge is 2.35. The number of nitrogens with zero attached hydrogens (tertiary/aromatic N) is 1. The summed E-state index contributed by atoms with van der Waals surface area (Å²) >= 11 is 0.866. The van der Waals surface area contributed by atoms with Gasteiger partial charge in [0.25, 0.3) is 11.1 Å². The minimum absolute atomic E-state index is 0.0175. The van der Waals surface area contributed by atoms with Crippen molar-refractivity contribution in [3.05, 3.63) is 57.9 Å². The number of rotatable bonds is 5. The van der Waals surface area contributed by atoms with E-state index >= 15 is 0 Å². The van der Waals surface area contributed by atoms with Crippen molar-refractivity contribution in [2.75, 3.05) is 14.2 Å². The zero-order valence-electron chi connectivity index (χ0n) is 15.0. The maximum Gasteiger partial charge on any atom is 0.373 e. The second-order valence-corrected chi connectivity index (χ2v) is 6.74. The van der Waals surface area contributed by atoms with Crippen LogP contribution in [0.3, 0.4) is 0 Å². The van der Waals surface area contributed by atoms with Gasteiger partial charge in [0, 0.05) is 0 Å². The molecule has 0 unspecified atom stereocenters. The monoisotopic (exact) mass is 387 g/mol. The first kappa shape index (κ1) is 18.8. The molecule has 7 nitrogen and oxygen atoms in total.